The van der Waals surface area contributed by atoms with E-state index < -0.39 is 21.4 Å². The van der Waals surface area contributed by atoms with Gasteiger partial charge >= 0.3 is 0 Å². The van der Waals surface area contributed by atoms with E-state index in [4.69, 9.17) is 0 Å². The summed E-state index contributed by atoms with van der Waals surface area (Å²) in [7, 11) is -3.74. The summed E-state index contributed by atoms with van der Waals surface area (Å²) >= 11 is 1.58. The van der Waals surface area contributed by atoms with Crippen molar-refractivity contribution in [1.82, 2.24) is 4.72 Å². The van der Waals surface area contributed by atoms with Gasteiger partial charge in [-0.1, -0.05) is 0 Å². The fraction of sp³-hybridized carbons (Fsp3) is 0.538. The number of aryl methyl sites for hydroxylation is 1. The van der Waals surface area contributed by atoms with Gasteiger partial charge in [0.15, 0.2) is 0 Å². The molecule has 0 radical (unpaired) electrons. The third kappa shape index (κ3) is 5.05. The summed E-state index contributed by atoms with van der Waals surface area (Å²) in [5.74, 6) is 0.292. The molecule has 0 fully saturated rings. The van der Waals surface area contributed by atoms with Crippen LogP contribution in [0.1, 0.15) is 18.9 Å². The van der Waals surface area contributed by atoms with Gasteiger partial charge in [0.25, 0.3) is 0 Å². The summed E-state index contributed by atoms with van der Waals surface area (Å²) in [6.07, 6.45) is 2.40. The van der Waals surface area contributed by atoms with Crippen LogP contribution < -0.4 is 4.72 Å². The predicted molar refractivity (Wildman–Crippen MR) is 79.9 cm³/mol. The Labute approximate surface area is 123 Å². The molecular weight excluding hydrogens is 301 g/mol. The Bertz CT molecular complexity index is 559. The lowest BCUT2D eigenvalue weighted by atomic mass is 10.1. The van der Waals surface area contributed by atoms with Gasteiger partial charge in [-0.15, -0.1) is 0 Å². The molecular formula is C13H20FNO3S2. The van der Waals surface area contributed by atoms with Gasteiger partial charge < -0.3 is 5.11 Å². The van der Waals surface area contributed by atoms with E-state index >= 15 is 0 Å². The molecule has 114 valence electrons. The molecule has 0 spiro atoms. The van der Waals surface area contributed by atoms with E-state index in [2.05, 4.69) is 4.72 Å². The van der Waals surface area contributed by atoms with Crippen molar-refractivity contribution in [1.29, 1.82) is 0 Å². The second kappa shape index (κ2) is 6.89. The van der Waals surface area contributed by atoms with E-state index in [1.807, 2.05) is 6.26 Å². The molecule has 0 bridgehead atoms. The highest BCUT2D eigenvalue weighted by Gasteiger charge is 2.24. The molecule has 0 amide bonds. The standard InChI is InChI=1S/C13H20FNO3S2/c1-10-8-11(4-5-12(10)14)20(17,18)15-9-13(2,16)6-7-19-3/h4-5,8,15-16H,6-7,9H2,1-3H3. The van der Waals surface area contributed by atoms with Gasteiger partial charge in [-0.2, -0.15) is 11.8 Å². The normalized spacial score (nSPS) is 15.1. The van der Waals surface area contributed by atoms with Crippen molar-refractivity contribution in [2.45, 2.75) is 30.8 Å². The maximum absolute atomic E-state index is 13.1. The summed E-state index contributed by atoms with van der Waals surface area (Å²) in [6.45, 7) is 3.01. The molecule has 1 atom stereocenters. The van der Waals surface area contributed by atoms with Crippen molar-refractivity contribution in [2.75, 3.05) is 18.6 Å². The van der Waals surface area contributed by atoms with Crippen LogP contribution in [0.3, 0.4) is 0 Å². The van der Waals surface area contributed by atoms with Crippen molar-refractivity contribution in [3.63, 3.8) is 0 Å². The van der Waals surface area contributed by atoms with Crippen LogP contribution in [-0.2, 0) is 10.0 Å². The fourth-order valence-electron chi connectivity index (χ4n) is 1.53. The van der Waals surface area contributed by atoms with E-state index in [0.717, 1.165) is 11.8 Å². The van der Waals surface area contributed by atoms with E-state index in [-0.39, 0.29) is 17.0 Å². The molecule has 7 heteroatoms. The second-order valence-electron chi connectivity index (χ2n) is 4.98. The molecule has 20 heavy (non-hydrogen) atoms. The highest BCUT2D eigenvalue weighted by Crippen LogP contribution is 2.16. The van der Waals surface area contributed by atoms with Crippen LogP contribution in [0, 0.1) is 12.7 Å². The molecule has 1 rings (SSSR count). The van der Waals surface area contributed by atoms with E-state index in [9.17, 15) is 17.9 Å². The van der Waals surface area contributed by atoms with E-state index in [1.165, 1.54) is 19.1 Å². The molecule has 2 N–H and O–H groups in total. The lowest BCUT2D eigenvalue weighted by molar-refractivity contribution is 0.0626. The maximum Gasteiger partial charge on any atom is 0.240 e. The quantitative estimate of drug-likeness (QED) is 0.805. The lowest BCUT2D eigenvalue weighted by Gasteiger charge is -2.23. The topological polar surface area (TPSA) is 66.4 Å². The van der Waals surface area contributed by atoms with Crippen LogP contribution >= 0.6 is 11.8 Å². The van der Waals surface area contributed by atoms with Gasteiger partial charge in [0, 0.05) is 6.54 Å². The van der Waals surface area contributed by atoms with Crippen molar-refractivity contribution >= 4 is 21.8 Å². The number of aliphatic hydroxyl groups is 1. The Morgan fingerprint density at radius 3 is 2.65 bits per heavy atom. The number of sulfonamides is 1. The summed E-state index contributed by atoms with van der Waals surface area (Å²) in [6, 6.07) is 3.60. The monoisotopic (exact) mass is 321 g/mol. The number of hydrogen-bond acceptors (Lipinski definition) is 4. The first-order valence-corrected chi connectivity index (χ1v) is 9.03. The van der Waals surface area contributed by atoms with Gasteiger partial charge in [0.2, 0.25) is 10.0 Å². The zero-order valence-electron chi connectivity index (χ0n) is 11.8. The first-order chi connectivity index (χ1) is 9.18. The van der Waals surface area contributed by atoms with Crippen LogP contribution in [0.15, 0.2) is 23.1 Å². The van der Waals surface area contributed by atoms with Gasteiger partial charge in [-0.05, 0) is 56.0 Å². The van der Waals surface area contributed by atoms with Crippen molar-refractivity contribution in [2.24, 2.45) is 0 Å². The van der Waals surface area contributed by atoms with Crippen molar-refractivity contribution in [3.05, 3.63) is 29.6 Å². The minimum absolute atomic E-state index is 0.00272. The number of thioether (sulfide) groups is 1. The number of rotatable bonds is 7. The largest absolute Gasteiger partial charge is 0.389 e. The highest BCUT2D eigenvalue weighted by molar-refractivity contribution is 7.98. The molecule has 0 aliphatic carbocycles. The summed E-state index contributed by atoms with van der Waals surface area (Å²) < 4.78 is 39.6. The van der Waals surface area contributed by atoms with Crippen LogP contribution in [-0.4, -0.2) is 37.7 Å². The first-order valence-electron chi connectivity index (χ1n) is 6.15. The molecule has 0 aliphatic rings. The van der Waals surface area contributed by atoms with Gasteiger partial charge in [0.05, 0.1) is 10.5 Å². The Morgan fingerprint density at radius 2 is 2.10 bits per heavy atom. The van der Waals surface area contributed by atoms with Gasteiger partial charge in [-0.25, -0.2) is 17.5 Å². The highest BCUT2D eigenvalue weighted by atomic mass is 32.2. The number of benzene rings is 1. The molecule has 0 heterocycles. The zero-order chi connectivity index (χ0) is 15.4. The SMILES string of the molecule is CSCCC(C)(O)CNS(=O)(=O)c1ccc(F)c(C)c1. The van der Waals surface area contributed by atoms with Crippen LogP contribution in [0.2, 0.25) is 0 Å². The minimum Gasteiger partial charge on any atom is -0.389 e. The number of hydrogen-bond donors (Lipinski definition) is 2. The molecule has 1 aromatic rings. The Morgan fingerprint density at radius 1 is 1.45 bits per heavy atom. The average Bonchev–Trinajstić information content (AvgIpc) is 2.37. The third-order valence-corrected chi connectivity index (χ3v) is 4.94. The van der Waals surface area contributed by atoms with Crippen LogP contribution in [0.5, 0.6) is 0 Å². The van der Waals surface area contributed by atoms with E-state index in [1.54, 1.807) is 18.7 Å². The van der Waals surface area contributed by atoms with Crippen molar-refractivity contribution < 1.29 is 17.9 Å². The Kier molecular flexibility index (Phi) is 6.00. The third-order valence-electron chi connectivity index (χ3n) is 2.93. The number of nitrogens with one attached hydrogen (secondary N) is 1. The van der Waals surface area contributed by atoms with E-state index in [0.29, 0.717) is 6.42 Å². The molecule has 0 saturated heterocycles. The van der Waals surface area contributed by atoms with Crippen molar-refractivity contribution in [3.8, 4) is 0 Å². The summed E-state index contributed by atoms with van der Waals surface area (Å²) in [5, 5.41) is 10.1. The maximum atomic E-state index is 13.1. The minimum atomic E-state index is -3.74. The lowest BCUT2D eigenvalue weighted by Crippen LogP contribution is -2.41. The number of halogens is 1. The molecule has 4 nitrogen and oxygen atoms in total. The molecule has 1 unspecified atom stereocenters. The first kappa shape index (κ1) is 17.4. The van der Waals surface area contributed by atoms with Crippen LogP contribution in [0.25, 0.3) is 0 Å². The van der Waals surface area contributed by atoms with Gasteiger partial charge in [-0.3, -0.25) is 0 Å². The molecule has 1 aromatic carbocycles. The fourth-order valence-corrected chi connectivity index (χ4v) is 3.42. The Balaban J connectivity index is 2.77. The summed E-state index contributed by atoms with van der Waals surface area (Å²) in [4.78, 5) is -0.00272. The van der Waals surface area contributed by atoms with Gasteiger partial charge in [0.1, 0.15) is 5.82 Å². The molecule has 0 saturated carbocycles. The molecule has 0 aromatic heterocycles. The van der Waals surface area contributed by atoms with Crippen LogP contribution in [0.4, 0.5) is 4.39 Å². The average molecular weight is 321 g/mol. The predicted octanol–water partition coefficient (Wildman–Crippen LogP) is 1.92. The second-order valence-corrected chi connectivity index (χ2v) is 7.73. The Hall–Kier alpha value is -0.630. The smallest absolute Gasteiger partial charge is 0.240 e. The zero-order valence-corrected chi connectivity index (χ0v) is 13.4. The molecule has 0 aliphatic heterocycles. The summed E-state index contributed by atoms with van der Waals surface area (Å²) in [5.41, 5.74) is -0.840.